The Morgan fingerprint density at radius 1 is 1.16 bits per heavy atom. The minimum absolute atomic E-state index is 0.186. The van der Waals surface area contributed by atoms with Crippen LogP contribution in [0.4, 0.5) is 16.0 Å². The highest BCUT2D eigenvalue weighted by molar-refractivity contribution is 5.86. The van der Waals surface area contributed by atoms with Crippen molar-refractivity contribution in [3.05, 3.63) is 53.7 Å². The molecular formula is C24H27FN6. The Bertz CT molecular complexity index is 1300. The van der Waals surface area contributed by atoms with Gasteiger partial charge in [0, 0.05) is 17.6 Å². The van der Waals surface area contributed by atoms with Crippen molar-refractivity contribution in [1.29, 1.82) is 0 Å². The summed E-state index contributed by atoms with van der Waals surface area (Å²) in [7, 11) is 0. The van der Waals surface area contributed by atoms with Crippen molar-refractivity contribution in [3.8, 4) is 0 Å². The fourth-order valence-corrected chi connectivity index (χ4v) is 5.03. The summed E-state index contributed by atoms with van der Waals surface area (Å²) in [5.74, 6) is 0.749. The monoisotopic (exact) mass is 418 g/mol. The maximum absolute atomic E-state index is 14.7. The first kappa shape index (κ1) is 19.7. The van der Waals surface area contributed by atoms with Gasteiger partial charge in [-0.2, -0.15) is 0 Å². The van der Waals surface area contributed by atoms with Crippen LogP contribution in [0.2, 0.25) is 0 Å². The van der Waals surface area contributed by atoms with E-state index in [9.17, 15) is 4.39 Å². The molecule has 1 aliphatic carbocycles. The highest BCUT2D eigenvalue weighted by Gasteiger charge is 2.36. The number of hydrogen-bond donors (Lipinski definition) is 2. The van der Waals surface area contributed by atoms with Gasteiger partial charge >= 0.3 is 0 Å². The third-order valence-corrected chi connectivity index (χ3v) is 6.93. The summed E-state index contributed by atoms with van der Waals surface area (Å²) in [6.07, 6.45) is 8.67. The molecule has 1 unspecified atom stereocenters. The number of anilines is 2. The molecule has 0 saturated heterocycles. The number of benzene rings is 1. The Kier molecular flexibility index (Phi) is 4.57. The first-order chi connectivity index (χ1) is 14.8. The molecule has 0 spiro atoms. The Morgan fingerprint density at radius 3 is 2.84 bits per heavy atom. The molecule has 1 aliphatic rings. The van der Waals surface area contributed by atoms with E-state index in [2.05, 4.69) is 32.6 Å². The summed E-state index contributed by atoms with van der Waals surface area (Å²) in [6, 6.07) is 7.78. The maximum atomic E-state index is 14.7. The van der Waals surface area contributed by atoms with Crippen LogP contribution in [-0.4, -0.2) is 19.5 Å². The van der Waals surface area contributed by atoms with Crippen LogP contribution in [0, 0.1) is 18.2 Å². The number of fused-ring (bicyclic) bond motifs is 2. The largest absolute Gasteiger partial charge is 0.383 e. The molecule has 0 aliphatic heterocycles. The van der Waals surface area contributed by atoms with Gasteiger partial charge in [-0.1, -0.05) is 6.92 Å². The number of halogens is 1. The van der Waals surface area contributed by atoms with E-state index in [0.29, 0.717) is 28.6 Å². The summed E-state index contributed by atoms with van der Waals surface area (Å²) >= 11 is 0. The van der Waals surface area contributed by atoms with E-state index >= 15 is 0 Å². The first-order valence-electron chi connectivity index (χ1n) is 10.8. The van der Waals surface area contributed by atoms with E-state index in [0.717, 1.165) is 54.3 Å². The Balaban J connectivity index is 1.34. The standard InChI is InChI=1S/C24H27FN6/c1-14-9-18-19(25)10-15(11-20(18)30-21(14)26)3-6-24(2)7-4-16(12-24)31-8-5-17-22(27)28-13-29-23(17)31/h5,8-11,13,16H,3-4,6-7,12H2,1-2H3,(H2,26,30)(H2,27,28,29)/t16?,24-/m1/s1. The van der Waals surface area contributed by atoms with Gasteiger partial charge in [-0.15, -0.1) is 0 Å². The predicted molar refractivity (Wildman–Crippen MR) is 122 cm³/mol. The number of nitrogen functional groups attached to an aromatic ring is 2. The van der Waals surface area contributed by atoms with Crippen molar-refractivity contribution in [2.75, 3.05) is 11.5 Å². The zero-order valence-corrected chi connectivity index (χ0v) is 17.9. The minimum Gasteiger partial charge on any atom is -0.383 e. The second kappa shape index (κ2) is 7.18. The first-order valence-corrected chi connectivity index (χ1v) is 10.8. The smallest absolute Gasteiger partial charge is 0.145 e. The highest BCUT2D eigenvalue weighted by atomic mass is 19.1. The summed E-state index contributed by atoms with van der Waals surface area (Å²) in [4.78, 5) is 12.9. The quantitative estimate of drug-likeness (QED) is 0.489. The van der Waals surface area contributed by atoms with Crippen LogP contribution in [0.15, 0.2) is 36.8 Å². The molecular weight excluding hydrogens is 391 g/mol. The normalized spacial score (nSPS) is 21.3. The third kappa shape index (κ3) is 3.48. The number of nitrogens with two attached hydrogens (primary N) is 2. The lowest BCUT2D eigenvalue weighted by Crippen LogP contribution is -2.14. The van der Waals surface area contributed by atoms with E-state index in [1.165, 1.54) is 6.33 Å². The average molecular weight is 419 g/mol. The second-order valence-electron chi connectivity index (χ2n) is 9.26. The molecule has 7 heteroatoms. The molecule has 6 nitrogen and oxygen atoms in total. The molecule has 160 valence electrons. The molecule has 2 atom stereocenters. The maximum Gasteiger partial charge on any atom is 0.145 e. The molecule has 1 fully saturated rings. The molecule has 3 aromatic heterocycles. The van der Waals surface area contributed by atoms with Crippen LogP contribution in [-0.2, 0) is 6.42 Å². The Labute approximate surface area is 180 Å². The SMILES string of the molecule is Cc1cc2c(F)cc(CC[C@]3(C)CCC(n4ccc5c(N)ncnc54)C3)cc2nc1N. The summed E-state index contributed by atoms with van der Waals surface area (Å²) < 4.78 is 16.9. The number of hydrogen-bond acceptors (Lipinski definition) is 5. The number of nitrogens with zero attached hydrogens (tertiary/aromatic N) is 4. The second-order valence-corrected chi connectivity index (χ2v) is 9.26. The molecule has 3 heterocycles. The van der Waals surface area contributed by atoms with Gasteiger partial charge in [0.1, 0.15) is 29.4 Å². The van der Waals surface area contributed by atoms with Crippen LogP contribution in [0.3, 0.4) is 0 Å². The Morgan fingerprint density at radius 2 is 2.00 bits per heavy atom. The van der Waals surface area contributed by atoms with Gasteiger partial charge in [-0.05, 0) is 79.8 Å². The van der Waals surface area contributed by atoms with E-state index < -0.39 is 0 Å². The van der Waals surface area contributed by atoms with Crippen molar-refractivity contribution < 1.29 is 4.39 Å². The summed E-state index contributed by atoms with van der Waals surface area (Å²) in [5, 5.41) is 1.44. The van der Waals surface area contributed by atoms with Crippen LogP contribution < -0.4 is 11.5 Å². The molecule has 4 N–H and O–H groups in total. The van der Waals surface area contributed by atoms with Crippen LogP contribution in [0.5, 0.6) is 0 Å². The lowest BCUT2D eigenvalue weighted by atomic mass is 9.82. The van der Waals surface area contributed by atoms with Crippen molar-refractivity contribution in [2.45, 2.75) is 52.0 Å². The van der Waals surface area contributed by atoms with Gasteiger partial charge in [0.05, 0.1) is 10.9 Å². The fraction of sp³-hybridized carbons (Fsp3) is 0.375. The number of aromatic nitrogens is 4. The van der Waals surface area contributed by atoms with Crippen molar-refractivity contribution in [3.63, 3.8) is 0 Å². The van der Waals surface area contributed by atoms with Crippen LogP contribution in [0.25, 0.3) is 21.9 Å². The molecule has 31 heavy (non-hydrogen) atoms. The fourth-order valence-electron chi connectivity index (χ4n) is 5.03. The van der Waals surface area contributed by atoms with Gasteiger partial charge in [0.15, 0.2) is 0 Å². The van der Waals surface area contributed by atoms with E-state index in [1.54, 1.807) is 12.1 Å². The minimum atomic E-state index is -0.228. The number of rotatable bonds is 4. The van der Waals surface area contributed by atoms with E-state index in [-0.39, 0.29) is 11.2 Å². The van der Waals surface area contributed by atoms with Crippen LogP contribution >= 0.6 is 0 Å². The molecule has 1 aromatic carbocycles. The molecule has 5 rings (SSSR count). The van der Waals surface area contributed by atoms with E-state index in [1.807, 2.05) is 19.1 Å². The predicted octanol–water partition coefficient (Wildman–Crippen LogP) is 4.96. The van der Waals surface area contributed by atoms with Crippen LogP contribution in [0.1, 0.15) is 49.8 Å². The van der Waals surface area contributed by atoms with E-state index in [4.69, 9.17) is 11.5 Å². The molecule has 4 aromatic rings. The van der Waals surface area contributed by atoms with Gasteiger partial charge < -0.3 is 16.0 Å². The average Bonchev–Trinajstić information content (AvgIpc) is 3.33. The van der Waals surface area contributed by atoms with Gasteiger partial charge in [-0.3, -0.25) is 0 Å². The molecule has 1 saturated carbocycles. The van der Waals surface area contributed by atoms with Gasteiger partial charge in [0.2, 0.25) is 0 Å². The zero-order valence-electron chi connectivity index (χ0n) is 17.9. The summed E-state index contributed by atoms with van der Waals surface area (Å²) in [6.45, 7) is 4.18. The van der Waals surface area contributed by atoms with Gasteiger partial charge in [-0.25, -0.2) is 19.3 Å². The topological polar surface area (TPSA) is 95.6 Å². The third-order valence-electron chi connectivity index (χ3n) is 6.93. The lowest BCUT2D eigenvalue weighted by molar-refractivity contribution is 0.295. The lowest BCUT2D eigenvalue weighted by Gasteiger charge is -2.25. The molecule has 0 bridgehead atoms. The van der Waals surface area contributed by atoms with Crippen molar-refractivity contribution in [1.82, 2.24) is 19.5 Å². The van der Waals surface area contributed by atoms with Crippen molar-refractivity contribution in [2.24, 2.45) is 5.41 Å². The zero-order chi connectivity index (χ0) is 21.8. The molecule has 0 amide bonds. The molecule has 0 radical (unpaired) electrons. The summed E-state index contributed by atoms with van der Waals surface area (Å²) in [5.41, 5.74) is 15.4. The number of pyridine rings is 1. The Hall–Kier alpha value is -3.22. The highest BCUT2D eigenvalue weighted by Crippen LogP contribution is 2.47. The van der Waals surface area contributed by atoms with Crippen molar-refractivity contribution >= 4 is 33.6 Å². The number of aryl methyl sites for hydroxylation is 2. The van der Waals surface area contributed by atoms with Gasteiger partial charge in [0.25, 0.3) is 0 Å².